The minimum absolute atomic E-state index is 0.148. The zero-order valence-electron chi connectivity index (χ0n) is 17.8. The summed E-state index contributed by atoms with van der Waals surface area (Å²) in [6, 6.07) is 10.1. The number of Topliss-reactive ketones (excluding diaryl/α,β-unsaturated/α-hetero) is 1. The molecule has 0 aliphatic carbocycles. The first kappa shape index (κ1) is 20.9. The zero-order chi connectivity index (χ0) is 21.6. The number of nitrogens with two attached hydrogens (primary N) is 1. The molecule has 1 saturated heterocycles. The highest BCUT2D eigenvalue weighted by molar-refractivity contribution is 6.00. The third-order valence-electron chi connectivity index (χ3n) is 5.41. The number of nitrogens with zero attached hydrogens (tertiary/aromatic N) is 4. The van der Waals surface area contributed by atoms with E-state index in [1.54, 1.807) is 18.6 Å². The summed E-state index contributed by atoms with van der Waals surface area (Å²) in [7, 11) is 0. The van der Waals surface area contributed by atoms with Crippen LogP contribution in [0.4, 0.5) is 11.5 Å². The van der Waals surface area contributed by atoms with E-state index in [0.29, 0.717) is 18.9 Å². The molecule has 4 rings (SSSR count). The van der Waals surface area contributed by atoms with Gasteiger partial charge in [0.1, 0.15) is 5.69 Å². The van der Waals surface area contributed by atoms with E-state index in [-0.39, 0.29) is 23.7 Å². The SMILES string of the molecule is CCCc1cccc(-c2cnc(N)c(C(=O)Cc3cnccc3N3CCOCC3)n2)c1. The molecule has 1 aromatic carbocycles. The van der Waals surface area contributed by atoms with Crippen LogP contribution >= 0.6 is 0 Å². The molecular formula is C24H27N5O2. The highest BCUT2D eigenvalue weighted by Crippen LogP contribution is 2.24. The number of nitrogen functional groups attached to an aromatic ring is 1. The molecule has 7 nitrogen and oxygen atoms in total. The van der Waals surface area contributed by atoms with Gasteiger partial charge < -0.3 is 15.4 Å². The van der Waals surface area contributed by atoms with Crippen molar-refractivity contribution in [3.8, 4) is 11.3 Å². The van der Waals surface area contributed by atoms with Crippen molar-refractivity contribution in [1.29, 1.82) is 0 Å². The number of morpholine rings is 1. The molecule has 3 aromatic rings. The van der Waals surface area contributed by atoms with Gasteiger partial charge >= 0.3 is 0 Å². The summed E-state index contributed by atoms with van der Waals surface area (Å²) in [6.07, 6.45) is 7.34. The van der Waals surface area contributed by atoms with Crippen LogP contribution in [0.1, 0.15) is 35.0 Å². The van der Waals surface area contributed by atoms with Crippen molar-refractivity contribution in [2.75, 3.05) is 36.9 Å². The minimum atomic E-state index is -0.168. The molecule has 1 fully saturated rings. The smallest absolute Gasteiger partial charge is 0.189 e. The van der Waals surface area contributed by atoms with Crippen molar-refractivity contribution >= 4 is 17.3 Å². The molecule has 2 aromatic heterocycles. The van der Waals surface area contributed by atoms with Crippen LogP contribution in [0.5, 0.6) is 0 Å². The first-order chi connectivity index (χ1) is 15.2. The molecule has 0 spiro atoms. The molecule has 1 aliphatic rings. The van der Waals surface area contributed by atoms with Gasteiger partial charge in [0.15, 0.2) is 11.6 Å². The quantitative estimate of drug-likeness (QED) is 0.589. The van der Waals surface area contributed by atoms with Gasteiger partial charge in [0.05, 0.1) is 25.1 Å². The molecule has 0 atom stereocenters. The molecule has 2 N–H and O–H groups in total. The van der Waals surface area contributed by atoms with Crippen molar-refractivity contribution in [3.63, 3.8) is 0 Å². The maximum absolute atomic E-state index is 13.2. The fourth-order valence-corrected chi connectivity index (χ4v) is 3.84. The van der Waals surface area contributed by atoms with Crippen LogP contribution in [0.15, 0.2) is 48.9 Å². The van der Waals surface area contributed by atoms with E-state index in [1.807, 2.05) is 18.2 Å². The molecule has 160 valence electrons. The van der Waals surface area contributed by atoms with Crippen LogP contribution in [-0.4, -0.2) is 47.0 Å². The molecule has 1 aliphatic heterocycles. The van der Waals surface area contributed by atoms with Gasteiger partial charge in [-0.15, -0.1) is 0 Å². The van der Waals surface area contributed by atoms with Crippen LogP contribution in [0.2, 0.25) is 0 Å². The topological polar surface area (TPSA) is 94.2 Å². The number of benzene rings is 1. The molecule has 7 heteroatoms. The fraction of sp³-hybridized carbons (Fsp3) is 0.333. The summed E-state index contributed by atoms with van der Waals surface area (Å²) in [5.41, 5.74) is 10.9. The minimum Gasteiger partial charge on any atom is -0.382 e. The summed E-state index contributed by atoms with van der Waals surface area (Å²) in [5, 5.41) is 0. The first-order valence-electron chi connectivity index (χ1n) is 10.7. The van der Waals surface area contributed by atoms with E-state index in [1.165, 1.54) is 5.56 Å². The first-order valence-corrected chi connectivity index (χ1v) is 10.7. The Hall–Kier alpha value is -3.32. The molecule has 0 radical (unpaired) electrons. The van der Waals surface area contributed by atoms with Gasteiger partial charge in [0, 0.05) is 48.7 Å². The Morgan fingerprint density at radius 1 is 1.19 bits per heavy atom. The lowest BCUT2D eigenvalue weighted by Gasteiger charge is -2.30. The second kappa shape index (κ2) is 9.66. The normalized spacial score (nSPS) is 13.9. The average Bonchev–Trinajstić information content (AvgIpc) is 2.81. The number of aromatic nitrogens is 3. The molecule has 0 unspecified atom stereocenters. The van der Waals surface area contributed by atoms with Crippen LogP contribution in [0.25, 0.3) is 11.3 Å². The second-order valence-corrected chi connectivity index (χ2v) is 7.64. The molecule has 3 heterocycles. The Kier molecular flexibility index (Phi) is 6.52. The van der Waals surface area contributed by atoms with Gasteiger partial charge in [0.2, 0.25) is 0 Å². The van der Waals surface area contributed by atoms with E-state index < -0.39 is 0 Å². The fourth-order valence-electron chi connectivity index (χ4n) is 3.84. The lowest BCUT2D eigenvalue weighted by Crippen LogP contribution is -2.37. The number of ether oxygens (including phenoxy) is 1. The lowest BCUT2D eigenvalue weighted by atomic mass is 10.0. The van der Waals surface area contributed by atoms with Gasteiger partial charge in [-0.25, -0.2) is 9.97 Å². The summed E-state index contributed by atoms with van der Waals surface area (Å²) in [4.78, 5) is 28.5. The van der Waals surface area contributed by atoms with Crippen LogP contribution in [0, 0.1) is 0 Å². The van der Waals surface area contributed by atoms with E-state index in [9.17, 15) is 4.79 Å². The van der Waals surface area contributed by atoms with Gasteiger partial charge in [0.25, 0.3) is 0 Å². The highest BCUT2D eigenvalue weighted by atomic mass is 16.5. The van der Waals surface area contributed by atoms with Crippen molar-refractivity contribution in [2.45, 2.75) is 26.2 Å². The van der Waals surface area contributed by atoms with Crippen molar-refractivity contribution < 1.29 is 9.53 Å². The maximum atomic E-state index is 13.2. The number of pyridine rings is 1. The molecule has 0 saturated carbocycles. The van der Waals surface area contributed by atoms with Crippen LogP contribution in [-0.2, 0) is 17.6 Å². The second-order valence-electron chi connectivity index (χ2n) is 7.64. The molecular weight excluding hydrogens is 390 g/mol. The van der Waals surface area contributed by atoms with Crippen LogP contribution in [0.3, 0.4) is 0 Å². The average molecular weight is 418 g/mol. The Morgan fingerprint density at radius 3 is 2.84 bits per heavy atom. The van der Waals surface area contributed by atoms with Crippen molar-refractivity contribution in [2.24, 2.45) is 0 Å². The van der Waals surface area contributed by atoms with Crippen molar-refractivity contribution in [3.05, 3.63) is 65.7 Å². The molecule has 31 heavy (non-hydrogen) atoms. The number of rotatable bonds is 7. The molecule has 0 bridgehead atoms. The Bertz CT molecular complexity index is 1060. The number of hydrogen-bond acceptors (Lipinski definition) is 7. The Morgan fingerprint density at radius 2 is 2.03 bits per heavy atom. The third-order valence-corrected chi connectivity index (χ3v) is 5.41. The number of ketones is 1. The molecule has 0 amide bonds. The van der Waals surface area contributed by atoms with E-state index in [4.69, 9.17) is 10.5 Å². The standard InChI is InChI=1S/C24H27N5O2/c1-2-4-17-5-3-6-18(13-17)20-16-27-24(25)23(28-20)22(30)14-19-15-26-8-7-21(19)29-9-11-31-12-10-29/h3,5-8,13,15-16H,2,4,9-12,14H2,1H3,(H2,25,27). The van der Waals surface area contributed by atoms with Gasteiger partial charge in [-0.05, 0) is 24.1 Å². The third kappa shape index (κ3) is 4.88. The Labute approximate surface area is 182 Å². The van der Waals surface area contributed by atoms with Gasteiger partial charge in [-0.1, -0.05) is 31.5 Å². The van der Waals surface area contributed by atoms with Gasteiger partial charge in [-0.3, -0.25) is 9.78 Å². The largest absolute Gasteiger partial charge is 0.382 e. The van der Waals surface area contributed by atoms with Gasteiger partial charge in [-0.2, -0.15) is 0 Å². The predicted molar refractivity (Wildman–Crippen MR) is 121 cm³/mol. The number of carbonyl (C=O) groups excluding carboxylic acids is 1. The summed E-state index contributed by atoms with van der Waals surface area (Å²) in [5.74, 6) is -0.0191. The summed E-state index contributed by atoms with van der Waals surface area (Å²) in [6.45, 7) is 5.07. The summed E-state index contributed by atoms with van der Waals surface area (Å²) < 4.78 is 5.45. The number of aryl methyl sites for hydroxylation is 1. The number of hydrogen-bond donors (Lipinski definition) is 1. The monoisotopic (exact) mass is 417 g/mol. The highest BCUT2D eigenvalue weighted by Gasteiger charge is 2.20. The van der Waals surface area contributed by atoms with E-state index >= 15 is 0 Å². The predicted octanol–water partition coefficient (Wildman–Crippen LogP) is 3.34. The lowest BCUT2D eigenvalue weighted by molar-refractivity contribution is 0.0988. The zero-order valence-corrected chi connectivity index (χ0v) is 17.8. The summed E-state index contributed by atoms with van der Waals surface area (Å²) >= 11 is 0. The van der Waals surface area contributed by atoms with E-state index in [2.05, 4.69) is 38.9 Å². The van der Waals surface area contributed by atoms with Crippen LogP contribution < -0.4 is 10.6 Å². The van der Waals surface area contributed by atoms with Crippen molar-refractivity contribution in [1.82, 2.24) is 15.0 Å². The number of carbonyl (C=O) groups is 1. The Balaban J connectivity index is 1.60. The number of anilines is 2. The maximum Gasteiger partial charge on any atom is 0.189 e. The van der Waals surface area contributed by atoms with E-state index in [0.717, 1.165) is 42.7 Å².